The number of nitrogens with zero attached hydrogens (tertiary/aromatic N) is 4. The van der Waals surface area contributed by atoms with Crippen LogP contribution >= 0.6 is 0 Å². The van der Waals surface area contributed by atoms with Crippen LogP contribution in [0, 0.1) is 5.82 Å². The number of ether oxygens (including phenoxy) is 1. The molecule has 0 radical (unpaired) electrons. The van der Waals surface area contributed by atoms with Crippen LogP contribution in [0.15, 0.2) is 36.5 Å². The number of sulfonamides is 1. The zero-order valence-corrected chi connectivity index (χ0v) is 24.2. The second kappa shape index (κ2) is 12.1. The smallest absolute Gasteiger partial charge is 0.869 e. The van der Waals surface area contributed by atoms with Gasteiger partial charge in [-0.15, -0.1) is 0 Å². The van der Waals surface area contributed by atoms with Gasteiger partial charge in [-0.1, -0.05) is 6.07 Å². The van der Waals surface area contributed by atoms with Crippen molar-refractivity contribution in [1.29, 1.82) is 0 Å². The molecule has 4 heterocycles. The van der Waals surface area contributed by atoms with E-state index in [-0.39, 0.29) is 70.7 Å². The van der Waals surface area contributed by atoms with Gasteiger partial charge in [0.1, 0.15) is 11.5 Å². The maximum Gasteiger partial charge on any atom is 1.00 e. The number of anilines is 1. The Hall–Kier alpha value is -2.84. The van der Waals surface area contributed by atoms with Crippen molar-refractivity contribution < 1.29 is 61.8 Å². The summed E-state index contributed by atoms with van der Waals surface area (Å²) in [5, 5.41) is 15.9. The number of halogens is 1. The van der Waals surface area contributed by atoms with E-state index in [0.717, 1.165) is 10.4 Å². The number of nitrogens with one attached hydrogen (secondary N) is 1. The zero-order chi connectivity index (χ0) is 26.9. The van der Waals surface area contributed by atoms with E-state index in [9.17, 15) is 27.5 Å². The maximum absolute atomic E-state index is 14.0. The first kappa shape index (κ1) is 29.2. The number of pyridine rings is 2. The number of hydrogen-bond acceptors (Lipinski definition) is 8. The standard InChI is InChI=1S/C25H26FN5O6S.Na/c26-17-6-5-16(19(14-17)25(34)30-9-11-37-12-10-30)15-28-24(33)21-22(32)20-18(4-3-7-27-20)23(29-21)31-8-1-2-13-38(31,35)36;/h3-7,14,32H,1-2,8-13,15H2,(H,28,33);/q;+1/p-1. The minimum Gasteiger partial charge on any atom is -0.869 e. The second-order valence-electron chi connectivity index (χ2n) is 9.00. The van der Waals surface area contributed by atoms with Gasteiger partial charge in [-0.25, -0.2) is 17.8 Å². The van der Waals surface area contributed by atoms with Gasteiger partial charge in [0, 0.05) is 43.3 Å². The van der Waals surface area contributed by atoms with Crippen LogP contribution in [0.4, 0.5) is 10.2 Å². The average Bonchev–Trinajstić information content (AvgIpc) is 2.93. The Balaban J connectivity index is 0.00000353. The minimum absolute atomic E-state index is 0. The van der Waals surface area contributed by atoms with Gasteiger partial charge in [0.05, 0.1) is 24.5 Å². The summed E-state index contributed by atoms with van der Waals surface area (Å²) in [5.74, 6) is -2.71. The second-order valence-corrected chi connectivity index (χ2v) is 11.0. The molecular weight excluding hydrogens is 540 g/mol. The van der Waals surface area contributed by atoms with E-state index >= 15 is 0 Å². The van der Waals surface area contributed by atoms with Crippen LogP contribution in [0.3, 0.4) is 0 Å². The van der Waals surface area contributed by atoms with Gasteiger partial charge in [-0.3, -0.25) is 18.9 Å². The molecular formula is C25H25FN5NaO6S. The average molecular weight is 566 g/mol. The summed E-state index contributed by atoms with van der Waals surface area (Å²) in [6.07, 6.45) is 2.49. The molecule has 2 amide bonds. The van der Waals surface area contributed by atoms with Crippen molar-refractivity contribution in [3.8, 4) is 5.75 Å². The van der Waals surface area contributed by atoms with Crippen LogP contribution in [0.2, 0.25) is 0 Å². The maximum atomic E-state index is 14.0. The molecule has 2 fully saturated rings. The van der Waals surface area contributed by atoms with Crippen LogP contribution in [0.25, 0.3) is 10.9 Å². The number of carbonyl (C=O) groups is 2. The molecule has 0 bridgehead atoms. The predicted octanol–water partition coefficient (Wildman–Crippen LogP) is -1.82. The minimum atomic E-state index is -3.69. The van der Waals surface area contributed by atoms with E-state index in [2.05, 4.69) is 15.3 Å². The summed E-state index contributed by atoms with van der Waals surface area (Å²) in [4.78, 5) is 36.0. The Kier molecular flexibility index (Phi) is 9.07. The van der Waals surface area contributed by atoms with Crippen molar-refractivity contribution in [2.45, 2.75) is 19.4 Å². The molecule has 0 saturated carbocycles. The number of aromatic nitrogens is 2. The van der Waals surface area contributed by atoms with Gasteiger partial charge in [0.25, 0.3) is 11.8 Å². The van der Waals surface area contributed by atoms with Gasteiger partial charge in [-0.05, 0) is 48.4 Å². The third kappa shape index (κ3) is 6.02. The monoisotopic (exact) mass is 565 g/mol. The fourth-order valence-electron chi connectivity index (χ4n) is 4.56. The number of rotatable bonds is 5. The molecule has 39 heavy (non-hydrogen) atoms. The number of fused-ring (bicyclic) bond motifs is 1. The Morgan fingerprint density at radius 2 is 1.90 bits per heavy atom. The quantitative estimate of drug-likeness (QED) is 0.356. The number of carbonyl (C=O) groups excluding carboxylic acids is 2. The molecule has 1 aromatic carbocycles. The van der Waals surface area contributed by atoms with Crippen LogP contribution in [-0.2, 0) is 21.3 Å². The molecule has 0 unspecified atom stereocenters. The van der Waals surface area contributed by atoms with Gasteiger partial charge in [0.15, 0.2) is 5.82 Å². The molecule has 2 aliphatic rings. The molecule has 11 nitrogen and oxygen atoms in total. The van der Waals surface area contributed by atoms with Crippen LogP contribution in [-0.4, -0.2) is 73.7 Å². The molecule has 2 aliphatic heterocycles. The largest absolute Gasteiger partial charge is 1.00 e. The first-order valence-corrected chi connectivity index (χ1v) is 13.8. The van der Waals surface area contributed by atoms with Crippen molar-refractivity contribution in [3.63, 3.8) is 0 Å². The summed E-state index contributed by atoms with van der Waals surface area (Å²) in [7, 11) is -3.69. The number of amides is 2. The molecule has 5 rings (SSSR count). The molecule has 14 heteroatoms. The summed E-state index contributed by atoms with van der Waals surface area (Å²) in [5.41, 5.74) is -0.159. The first-order chi connectivity index (χ1) is 18.3. The van der Waals surface area contributed by atoms with Crippen molar-refractivity contribution in [2.24, 2.45) is 0 Å². The van der Waals surface area contributed by atoms with E-state index in [4.69, 9.17) is 4.74 Å². The van der Waals surface area contributed by atoms with Gasteiger partial charge >= 0.3 is 29.6 Å². The van der Waals surface area contributed by atoms with E-state index in [0.29, 0.717) is 44.7 Å². The van der Waals surface area contributed by atoms with Crippen molar-refractivity contribution in [1.82, 2.24) is 20.2 Å². The number of hydrogen-bond donors (Lipinski definition) is 1. The fourth-order valence-corrected chi connectivity index (χ4v) is 6.16. The zero-order valence-electron chi connectivity index (χ0n) is 21.4. The van der Waals surface area contributed by atoms with E-state index in [1.54, 1.807) is 17.0 Å². The Morgan fingerprint density at radius 3 is 2.64 bits per heavy atom. The van der Waals surface area contributed by atoms with Gasteiger partial charge in [0.2, 0.25) is 10.0 Å². The summed E-state index contributed by atoms with van der Waals surface area (Å²) in [6, 6.07) is 6.77. The fraction of sp³-hybridized carbons (Fsp3) is 0.360. The Morgan fingerprint density at radius 1 is 1.13 bits per heavy atom. The van der Waals surface area contributed by atoms with Crippen LogP contribution < -0.4 is 44.3 Å². The first-order valence-electron chi connectivity index (χ1n) is 12.2. The van der Waals surface area contributed by atoms with Crippen molar-refractivity contribution in [3.05, 3.63) is 59.2 Å². The van der Waals surface area contributed by atoms with Crippen molar-refractivity contribution >= 4 is 38.6 Å². The molecule has 0 spiro atoms. The molecule has 3 aromatic rings. The molecule has 2 aromatic heterocycles. The van der Waals surface area contributed by atoms with E-state index in [1.807, 2.05) is 0 Å². The third-order valence-electron chi connectivity index (χ3n) is 6.54. The third-order valence-corrected chi connectivity index (χ3v) is 8.37. The molecule has 0 atom stereocenters. The Bertz CT molecular complexity index is 1520. The van der Waals surface area contributed by atoms with E-state index in [1.165, 1.54) is 18.3 Å². The SMILES string of the molecule is O=C(NCc1ccc(F)cc1C(=O)N1CCOCC1)c1nc(N2CCCCS2(=O)=O)c2cccnc2c1[O-].[Na+]. The van der Waals surface area contributed by atoms with Gasteiger partial charge in [-0.2, -0.15) is 0 Å². The molecule has 0 aliphatic carbocycles. The summed E-state index contributed by atoms with van der Waals surface area (Å²) < 4.78 is 46.0. The number of morpholine rings is 1. The van der Waals surface area contributed by atoms with E-state index < -0.39 is 39.1 Å². The van der Waals surface area contributed by atoms with Crippen molar-refractivity contribution in [2.75, 3.05) is 42.9 Å². The summed E-state index contributed by atoms with van der Waals surface area (Å²) >= 11 is 0. The number of benzene rings is 1. The van der Waals surface area contributed by atoms with Crippen LogP contribution in [0.1, 0.15) is 39.3 Å². The van der Waals surface area contributed by atoms with Gasteiger partial charge < -0.3 is 20.1 Å². The summed E-state index contributed by atoms with van der Waals surface area (Å²) in [6.45, 7) is 1.43. The van der Waals surface area contributed by atoms with Crippen LogP contribution in [0.5, 0.6) is 5.75 Å². The molecule has 200 valence electrons. The predicted molar refractivity (Wildman–Crippen MR) is 134 cm³/mol. The topological polar surface area (TPSA) is 145 Å². The normalized spacial score (nSPS) is 16.9. The molecule has 2 saturated heterocycles. The Labute approximate surface area is 246 Å². The molecule has 1 N–H and O–H groups in total.